The van der Waals surface area contributed by atoms with E-state index in [9.17, 15) is 18.3 Å². The summed E-state index contributed by atoms with van der Waals surface area (Å²) >= 11 is 1.31. The number of hydrogen-bond acceptors (Lipinski definition) is 2. The molecule has 0 saturated carbocycles. The lowest BCUT2D eigenvalue weighted by atomic mass is 10.0. The summed E-state index contributed by atoms with van der Waals surface area (Å²) in [5, 5.41) is 11.7. The summed E-state index contributed by atoms with van der Waals surface area (Å²) in [6.07, 6.45) is -5.39. The Bertz CT molecular complexity index is 491. The third kappa shape index (κ3) is 2.68. The highest BCUT2D eigenvalue weighted by Gasteiger charge is 2.31. The van der Waals surface area contributed by atoms with Gasteiger partial charge in [-0.05, 0) is 29.1 Å². The van der Waals surface area contributed by atoms with E-state index in [4.69, 9.17) is 0 Å². The minimum atomic E-state index is -4.38. The normalized spacial score (nSPS) is 13.6. The molecule has 0 bridgehead atoms. The van der Waals surface area contributed by atoms with Gasteiger partial charge in [-0.15, -0.1) is 11.3 Å². The second-order valence-corrected chi connectivity index (χ2v) is 4.52. The van der Waals surface area contributed by atoms with Crippen molar-refractivity contribution in [2.45, 2.75) is 12.3 Å². The summed E-state index contributed by atoms with van der Waals surface area (Å²) in [7, 11) is 0. The van der Waals surface area contributed by atoms with Crippen molar-refractivity contribution >= 4 is 11.3 Å². The van der Waals surface area contributed by atoms with E-state index in [-0.39, 0.29) is 5.56 Å². The van der Waals surface area contributed by atoms with Crippen LogP contribution in [0.1, 0.15) is 22.1 Å². The molecule has 1 aromatic carbocycles. The van der Waals surface area contributed by atoms with Crippen molar-refractivity contribution < 1.29 is 18.3 Å². The van der Waals surface area contributed by atoms with Gasteiger partial charge in [-0.2, -0.15) is 13.2 Å². The van der Waals surface area contributed by atoms with Crippen LogP contribution in [0.5, 0.6) is 0 Å². The smallest absolute Gasteiger partial charge is 0.383 e. The minimum absolute atomic E-state index is 0.252. The highest BCUT2D eigenvalue weighted by molar-refractivity contribution is 7.10. The third-order valence-corrected chi connectivity index (χ3v) is 3.27. The van der Waals surface area contributed by atoms with E-state index in [0.717, 1.165) is 12.1 Å². The zero-order chi connectivity index (χ0) is 12.5. The second-order valence-electron chi connectivity index (χ2n) is 3.54. The molecule has 0 radical (unpaired) electrons. The van der Waals surface area contributed by atoms with Crippen molar-refractivity contribution in [3.63, 3.8) is 0 Å². The quantitative estimate of drug-likeness (QED) is 0.867. The monoisotopic (exact) mass is 258 g/mol. The number of aliphatic hydroxyl groups is 1. The van der Waals surface area contributed by atoms with Crippen LogP contribution < -0.4 is 0 Å². The first-order chi connectivity index (χ1) is 7.98. The molecule has 1 heterocycles. The summed E-state index contributed by atoms with van der Waals surface area (Å²) in [5.74, 6) is 0. The van der Waals surface area contributed by atoms with E-state index < -0.39 is 17.8 Å². The van der Waals surface area contributed by atoms with Gasteiger partial charge in [0, 0.05) is 4.88 Å². The van der Waals surface area contributed by atoms with E-state index in [1.165, 1.54) is 23.5 Å². The Labute approximate surface area is 100 Å². The van der Waals surface area contributed by atoms with Crippen molar-refractivity contribution in [1.82, 2.24) is 0 Å². The lowest BCUT2D eigenvalue weighted by Gasteiger charge is -2.12. The first-order valence-electron chi connectivity index (χ1n) is 4.87. The largest absolute Gasteiger partial charge is 0.416 e. The number of hydrogen-bond donors (Lipinski definition) is 1. The topological polar surface area (TPSA) is 20.2 Å². The average Bonchev–Trinajstić information content (AvgIpc) is 2.80. The fraction of sp³-hybridized carbons (Fsp3) is 0.167. The molecule has 90 valence electrons. The zero-order valence-electron chi connectivity index (χ0n) is 8.61. The van der Waals surface area contributed by atoms with Gasteiger partial charge in [-0.1, -0.05) is 18.2 Å². The number of thiophene rings is 1. The number of halogens is 3. The lowest BCUT2D eigenvalue weighted by molar-refractivity contribution is -0.137. The molecule has 1 N–H and O–H groups in total. The molecule has 0 spiro atoms. The molecular weight excluding hydrogens is 249 g/mol. The summed E-state index contributed by atoms with van der Waals surface area (Å²) in [4.78, 5) is 0.629. The Morgan fingerprint density at radius 3 is 2.47 bits per heavy atom. The maximum Gasteiger partial charge on any atom is 0.416 e. The van der Waals surface area contributed by atoms with Crippen LogP contribution in [0.3, 0.4) is 0 Å². The number of alkyl halides is 3. The SMILES string of the molecule is OC(c1cccc(C(F)(F)F)c1)c1cccs1. The van der Waals surface area contributed by atoms with Gasteiger partial charge >= 0.3 is 6.18 Å². The molecule has 1 aromatic heterocycles. The van der Waals surface area contributed by atoms with Crippen LogP contribution in [0, 0.1) is 0 Å². The van der Waals surface area contributed by atoms with Gasteiger partial charge in [-0.3, -0.25) is 0 Å². The summed E-state index contributed by atoms with van der Waals surface area (Å²) in [6.45, 7) is 0. The molecule has 0 fully saturated rings. The standard InChI is InChI=1S/C12H9F3OS/c13-12(14,15)9-4-1-3-8(7-9)11(16)10-5-2-6-17-10/h1-7,11,16H. The van der Waals surface area contributed by atoms with E-state index in [0.29, 0.717) is 4.88 Å². The lowest BCUT2D eigenvalue weighted by Crippen LogP contribution is -2.06. The number of aliphatic hydroxyl groups excluding tert-OH is 1. The van der Waals surface area contributed by atoms with Crippen LogP contribution in [0.15, 0.2) is 41.8 Å². The zero-order valence-corrected chi connectivity index (χ0v) is 9.42. The van der Waals surface area contributed by atoms with Crippen LogP contribution in [-0.2, 0) is 6.18 Å². The molecule has 1 atom stereocenters. The third-order valence-electron chi connectivity index (χ3n) is 2.34. The summed E-state index contributed by atoms with van der Waals surface area (Å²) in [6, 6.07) is 8.19. The van der Waals surface area contributed by atoms with Crippen molar-refractivity contribution in [3.8, 4) is 0 Å². The van der Waals surface area contributed by atoms with Gasteiger partial charge < -0.3 is 5.11 Å². The number of benzene rings is 1. The highest BCUT2D eigenvalue weighted by atomic mass is 32.1. The van der Waals surface area contributed by atoms with E-state index in [1.807, 2.05) is 0 Å². The molecule has 2 rings (SSSR count). The van der Waals surface area contributed by atoms with Crippen LogP contribution >= 0.6 is 11.3 Å². The van der Waals surface area contributed by atoms with Gasteiger partial charge in [0.05, 0.1) is 5.56 Å². The van der Waals surface area contributed by atoms with Crippen LogP contribution in [0.25, 0.3) is 0 Å². The van der Waals surface area contributed by atoms with Crippen molar-refractivity contribution in [3.05, 3.63) is 57.8 Å². The van der Waals surface area contributed by atoms with Crippen molar-refractivity contribution in [2.24, 2.45) is 0 Å². The van der Waals surface area contributed by atoms with E-state index >= 15 is 0 Å². The van der Waals surface area contributed by atoms with Crippen LogP contribution in [-0.4, -0.2) is 5.11 Å². The van der Waals surface area contributed by atoms with Gasteiger partial charge in [0.25, 0.3) is 0 Å². The van der Waals surface area contributed by atoms with Crippen LogP contribution in [0.4, 0.5) is 13.2 Å². The molecule has 5 heteroatoms. The Balaban J connectivity index is 2.34. The van der Waals surface area contributed by atoms with Gasteiger partial charge in [-0.25, -0.2) is 0 Å². The van der Waals surface area contributed by atoms with Gasteiger partial charge in [0.2, 0.25) is 0 Å². The average molecular weight is 258 g/mol. The first-order valence-corrected chi connectivity index (χ1v) is 5.75. The Morgan fingerprint density at radius 2 is 1.88 bits per heavy atom. The molecule has 2 aromatic rings. The van der Waals surface area contributed by atoms with Gasteiger partial charge in [0.15, 0.2) is 0 Å². The van der Waals surface area contributed by atoms with E-state index in [1.54, 1.807) is 17.5 Å². The Morgan fingerprint density at radius 1 is 1.12 bits per heavy atom. The Kier molecular flexibility index (Phi) is 3.22. The molecule has 0 aliphatic heterocycles. The molecule has 0 saturated heterocycles. The fourth-order valence-corrected chi connectivity index (χ4v) is 2.23. The second kappa shape index (κ2) is 4.50. The number of rotatable bonds is 2. The predicted octanol–water partition coefficient (Wildman–Crippen LogP) is 3.85. The van der Waals surface area contributed by atoms with Gasteiger partial charge in [0.1, 0.15) is 6.10 Å². The molecule has 17 heavy (non-hydrogen) atoms. The molecular formula is C12H9F3OS. The van der Waals surface area contributed by atoms with Crippen LogP contribution in [0.2, 0.25) is 0 Å². The van der Waals surface area contributed by atoms with Crippen molar-refractivity contribution in [2.75, 3.05) is 0 Å². The fourth-order valence-electron chi connectivity index (χ4n) is 1.50. The van der Waals surface area contributed by atoms with Crippen molar-refractivity contribution in [1.29, 1.82) is 0 Å². The summed E-state index contributed by atoms with van der Waals surface area (Å²) in [5.41, 5.74) is -0.493. The summed E-state index contributed by atoms with van der Waals surface area (Å²) < 4.78 is 37.5. The van der Waals surface area contributed by atoms with E-state index in [2.05, 4.69) is 0 Å². The molecule has 0 aliphatic carbocycles. The first kappa shape index (κ1) is 12.1. The molecule has 0 aliphatic rings. The predicted molar refractivity (Wildman–Crippen MR) is 59.8 cm³/mol. The minimum Gasteiger partial charge on any atom is -0.383 e. The molecule has 0 amide bonds. The molecule has 1 unspecified atom stereocenters. The Hall–Kier alpha value is -1.33. The maximum absolute atomic E-state index is 12.5. The molecule has 1 nitrogen and oxygen atoms in total. The maximum atomic E-state index is 12.5. The highest BCUT2D eigenvalue weighted by Crippen LogP contribution is 2.32.